The molecular formula is C19H16BrFN2O2. The van der Waals surface area contributed by atoms with Crippen LogP contribution < -0.4 is 10.7 Å². The first-order valence-corrected chi connectivity index (χ1v) is 8.57. The number of hydrogen-bond acceptors (Lipinski definition) is 2. The number of carbonyl (C=O) groups excluding carboxylic acids is 1. The van der Waals surface area contributed by atoms with Crippen molar-refractivity contribution in [3.05, 3.63) is 80.8 Å². The number of rotatable bonds is 4. The number of fused-ring (bicyclic) bond motifs is 1. The summed E-state index contributed by atoms with van der Waals surface area (Å²) in [7, 11) is 0. The van der Waals surface area contributed by atoms with Crippen molar-refractivity contribution in [2.75, 3.05) is 0 Å². The predicted octanol–water partition coefficient (Wildman–Crippen LogP) is 3.78. The Balaban J connectivity index is 1.79. The number of nitrogens with zero attached hydrogens (tertiary/aromatic N) is 1. The van der Waals surface area contributed by atoms with Crippen LogP contribution in [0.15, 0.2) is 64.0 Å². The second kappa shape index (κ2) is 7.19. The molecule has 1 heterocycles. The topological polar surface area (TPSA) is 51.1 Å². The molecule has 0 saturated heterocycles. The van der Waals surface area contributed by atoms with Crippen molar-refractivity contribution >= 4 is 32.7 Å². The Hall–Kier alpha value is -2.47. The molecule has 3 rings (SSSR count). The van der Waals surface area contributed by atoms with Gasteiger partial charge in [0, 0.05) is 22.1 Å². The highest BCUT2D eigenvalue weighted by molar-refractivity contribution is 9.10. The van der Waals surface area contributed by atoms with Crippen LogP contribution in [0.2, 0.25) is 0 Å². The number of hydrogen-bond donors (Lipinski definition) is 1. The maximum atomic E-state index is 13.0. The maximum absolute atomic E-state index is 13.0. The third kappa shape index (κ3) is 3.96. The van der Waals surface area contributed by atoms with E-state index in [0.717, 1.165) is 10.0 Å². The second-order valence-electron chi connectivity index (χ2n) is 5.81. The van der Waals surface area contributed by atoms with E-state index in [1.165, 1.54) is 18.2 Å². The monoisotopic (exact) mass is 402 g/mol. The molecule has 3 aromatic rings. The molecule has 25 heavy (non-hydrogen) atoms. The molecule has 0 unspecified atom stereocenters. The van der Waals surface area contributed by atoms with E-state index in [1.807, 2.05) is 13.0 Å². The normalized spacial score (nSPS) is 12.1. The van der Waals surface area contributed by atoms with E-state index in [4.69, 9.17) is 0 Å². The average Bonchev–Trinajstić information content (AvgIpc) is 2.58. The molecule has 2 aromatic carbocycles. The number of pyridine rings is 1. The highest BCUT2D eigenvalue weighted by Crippen LogP contribution is 2.17. The summed E-state index contributed by atoms with van der Waals surface area (Å²) in [4.78, 5) is 24.4. The van der Waals surface area contributed by atoms with Gasteiger partial charge in [0.25, 0.3) is 0 Å². The van der Waals surface area contributed by atoms with Gasteiger partial charge in [-0.3, -0.25) is 9.59 Å². The summed E-state index contributed by atoms with van der Waals surface area (Å²) in [5.74, 6) is -0.502. The van der Waals surface area contributed by atoms with E-state index in [1.54, 1.807) is 35.0 Å². The van der Waals surface area contributed by atoms with Crippen LogP contribution in [0.3, 0.4) is 0 Å². The number of carbonyl (C=O) groups is 1. The lowest BCUT2D eigenvalue weighted by molar-refractivity contribution is -0.122. The van der Waals surface area contributed by atoms with Crippen LogP contribution >= 0.6 is 15.9 Å². The highest BCUT2D eigenvalue weighted by Gasteiger charge is 2.12. The molecule has 0 saturated carbocycles. The molecule has 0 bridgehead atoms. The first kappa shape index (κ1) is 17.4. The van der Waals surface area contributed by atoms with Crippen LogP contribution in [-0.4, -0.2) is 10.5 Å². The lowest BCUT2D eigenvalue weighted by atomic mass is 10.1. The van der Waals surface area contributed by atoms with Gasteiger partial charge in [0.15, 0.2) is 5.43 Å². The lowest BCUT2D eigenvalue weighted by Crippen LogP contribution is -2.30. The summed E-state index contributed by atoms with van der Waals surface area (Å²) >= 11 is 3.35. The van der Waals surface area contributed by atoms with Gasteiger partial charge in [-0.1, -0.05) is 28.1 Å². The van der Waals surface area contributed by atoms with Gasteiger partial charge in [-0.2, -0.15) is 0 Å². The number of aromatic nitrogens is 1. The molecule has 1 atom stereocenters. The third-order valence-corrected chi connectivity index (χ3v) is 4.49. The predicted molar refractivity (Wildman–Crippen MR) is 98.9 cm³/mol. The van der Waals surface area contributed by atoms with Crippen molar-refractivity contribution in [3.8, 4) is 0 Å². The first-order chi connectivity index (χ1) is 11.9. The zero-order chi connectivity index (χ0) is 18.0. The van der Waals surface area contributed by atoms with Crippen molar-refractivity contribution in [3.63, 3.8) is 0 Å². The SMILES string of the molecule is C[C@@H](NC(=O)Cn1ccc(=O)c2cc(Br)ccc21)c1ccc(F)cc1. The largest absolute Gasteiger partial charge is 0.348 e. The summed E-state index contributed by atoms with van der Waals surface area (Å²) in [5, 5.41) is 3.44. The van der Waals surface area contributed by atoms with Gasteiger partial charge in [0.05, 0.1) is 11.6 Å². The standard InChI is InChI=1S/C19H16BrFN2O2/c1-12(13-2-5-15(21)6-3-13)22-19(25)11-23-9-8-18(24)16-10-14(20)4-7-17(16)23/h2-10,12H,11H2,1H3,(H,22,25)/t12-/m1/s1. The number of nitrogens with one attached hydrogen (secondary N) is 1. The molecular weight excluding hydrogens is 387 g/mol. The van der Waals surface area contributed by atoms with Gasteiger partial charge in [-0.05, 0) is 42.8 Å². The quantitative estimate of drug-likeness (QED) is 0.721. The van der Waals surface area contributed by atoms with Crippen molar-refractivity contribution in [1.29, 1.82) is 0 Å². The van der Waals surface area contributed by atoms with E-state index in [2.05, 4.69) is 21.2 Å². The molecule has 0 aliphatic rings. The molecule has 0 spiro atoms. The average molecular weight is 403 g/mol. The van der Waals surface area contributed by atoms with Gasteiger partial charge in [0.2, 0.25) is 5.91 Å². The second-order valence-corrected chi connectivity index (χ2v) is 6.73. The molecule has 1 N–H and O–H groups in total. The van der Waals surface area contributed by atoms with Crippen LogP contribution in [0.1, 0.15) is 18.5 Å². The number of benzene rings is 2. The third-order valence-electron chi connectivity index (χ3n) is 4.00. The van der Waals surface area contributed by atoms with Crippen molar-refractivity contribution in [2.45, 2.75) is 19.5 Å². The molecule has 0 aliphatic heterocycles. The Bertz CT molecular complexity index is 983. The van der Waals surface area contributed by atoms with Crippen LogP contribution in [-0.2, 0) is 11.3 Å². The smallest absolute Gasteiger partial charge is 0.240 e. The Labute approximate surface area is 152 Å². The van der Waals surface area contributed by atoms with Gasteiger partial charge in [-0.15, -0.1) is 0 Å². The fourth-order valence-electron chi connectivity index (χ4n) is 2.70. The molecule has 1 aromatic heterocycles. The van der Waals surface area contributed by atoms with Gasteiger partial charge < -0.3 is 9.88 Å². The summed E-state index contributed by atoms with van der Waals surface area (Å²) in [5.41, 5.74) is 1.43. The molecule has 0 radical (unpaired) electrons. The lowest BCUT2D eigenvalue weighted by Gasteiger charge is -2.16. The van der Waals surface area contributed by atoms with Crippen molar-refractivity contribution < 1.29 is 9.18 Å². The van der Waals surface area contributed by atoms with Crippen molar-refractivity contribution in [1.82, 2.24) is 9.88 Å². The van der Waals surface area contributed by atoms with Gasteiger partial charge >= 0.3 is 0 Å². The van der Waals surface area contributed by atoms with Crippen molar-refractivity contribution in [2.24, 2.45) is 0 Å². The molecule has 1 amide bonds. The van der Waals surface area contributed by atoms with Crippen LogP contribution in [0.5, 0.6) is 0 Å². The molecule has 0 fully saturated rings. The summed E-state index contributed by atoms with van der Waals surface area (Å²) in [6, 6.07) is 12.6. The highest BCUT2D eigenvalue weighted by atomic mass is 79.9. The summed E-state index contributed by atoms with van der Waals surface area (Å²) in [6.07, 6.45) is 1.61. The Morgan fingerprint density at radius 2 is 1.92 bits per heavy atom. The fourth-order valence-corrected chi connectivity index (χ4v) is 3.06. The van der Waals surface area contributed by atoms with E-state index >= 15 is 0 Å². The zero-order valence-corrected chi connectivity index (χ0v) is 15.1. The summed E-state index contributed by atoms with van der Waals surface area (Å²) in [6.45, 7) is 1.93. The first-order valence-electron chi connectivity index (χ1n) is 7.77. The minimum atomic E-state index is -0.312. The Kier molecular flexibility index (Phi) is 4.99. The van der Waals surface area contributed by atoms with Crippen LogP contribution in [0.4, 0.5) is 4.39 Å². The minimum Gasteiger partial charge on any atom is -0.348 e. The zero-order valence-electron chi connectivity index (χ0n) is 13.5. The fraction of sp³-hybridized carbons (Fsp3) is 0.158. The minimum absolute atomic E-state index is 0.0872. The molecule has 6 heteroatoms. The van der Waals surface area contributed by atoms with Gasteiger partial charge in [-0.25, -0.2) is 4.39 Å². The van der Waals surface area contributed by atoms with Crippen LogP contribution in [0, 0.1) is 5.82 Å². The Morgan fingerprint density at radius 3 is 2.64 bits per heavy atom. The van der Waals surface area contributed by atoms with Gasteiger partial charge in [0.1, 0.15) is 12.4 Å². The number of amides is 1. The number of halogens is 2. The van der Waals surface area contributed by atoms with E-state index in [-0.39, 0.29) is 29.7 Å². The summed E-state index contributed by atoms with van der Waals surface area (Å²) < 4.78 is 15.5. The molecule has 4 nitrogen and oxygen atoms in total. The molecule has 0 aliphatic carbocycles. The molecule has 128 valence electrons. The van der Waals surface area contributed by atoms with Crippen LogP contribution in [0.25, 0.3) is 10.9 Å². The maximum Gasteiger partial charge on any atom is 0.240 e. The van der Waals surface area contributed by atoms with E-state index in [9.17, 15) is 14.0 Å². The Morgan fingerprint density at radius 1 is 1.20 bits per heavy atom. The van der Waals surface area contributed by atoms with E-state index in [0.29, 0.717) is 10.9 Å². The van der Waals surface area contributed by atoms with E-state index < -0.39 is 0 Å².